The Morgan fingerprint density at radius 2 is 1.67 bits per heavy atom. The Hall–Kier alpha value is -1.86. The summed E-state index contributed by atoms with van der Waals surface area (Å²) in [6, 6.07) is 0. The summed E-state index contributed by atoms with van der Waals surface area (Å²) in [5, 5.41) is 17.4. The zero-order valence-corrected chi connectivity index (χ0v) is 5.71. The Balaban J connectivity index is 2.58. The second-order valence-electron chi connectivity index (χ2n) is 2.05. The summed E-state index contributed by atoms with van der Waals surface area (Å²) < 4.78 is 0. The van der Waals surface area contributed by atoms with Gasteiger partial charge in [0.1, 0.15) is 0 Å². The Morgan fingerprint density at radius 1 is 1.25 bits per heavy atom. The Labute approximate surface area is 65.6 Å². The highest BCUT2D eigenvalue weighted by atomic mass is 17.1. The van der Waals surface area contributed by atoms with Crippen LogP contribution in [0.5, 0.6) is 0 Å². The van der Waals surface area contributed by atoms with Gasteiger partial charge in [-0.2, -0.15) is 0 Å². The van der Waals surface area contributed by atoms with E-state index in [1.54, 1.807) is 0 Å². The van der Waals surface area contributed by atoms with E-state index in [2.05, 4.69) is 9.68 Å². The molecule has 1 aliphatic rings. The molecule has 8 nitrogen and oxygen atoms in total. The molecular weight excluding hydrogens is 172 g/mol. The monoisotopic (exact) mass is 176 g/mol. The van der Waals surface area contributed by atoms with E-state index in [1.165, 1.54) is 6.08 Å². The fraction of sp³-hybridized carbons (Fsp3) is 0.500. The minimum absolute atomic E-state index is 0.00500. The standard InChI is InChI=1S/C4H4N2O6/c7-5(8)11-4(2-1-3-4)12-6(9)10/h1-2H,3H2. The average Bonchev–Trinajstić information content (AvgIpc) is 1.80. The van der Waals surface area contributed by atoms with Crippen LogP contribution in [-0.4, -0.2) is 16.0 Å². The maximum absolute atomic E-state index is 9.84. The van der Waals surface area contributed by atoms with Crippen LogP contribution in [-0.2, 0) is 9.68 Å². The molecule has 1 aliphatic carbocycles. The van der Waals surface area contributed by atoms with Crippen molar-refractivity contribution in [2.75, 3.05) is 0 Å². The van der Waals surface area contributed by atoms with E-state index in [9.17, 15) is 20.2 Å². The van der Waals surface area contributed by atoms with Crippen molar-refractivity contribution in [1.82, 2.24) is 0 Å². The number of hydrogen-bond donors (Lipinski definition) is 0. The third-order valence-electron chi connectivity index (χ3n) is 1.23. The van der Waals surface area contributed by atoms with Crippen LogP contribution in [0.2, 0.25) is 0 Å². The van der Waals surface area contributed by atoms with E-state index in [-0.39, 0.29) is 6.42 Å². The van der Waals surface area contributed by atoms with Crippen LogP contribution in [0, 0.1) is 20.2 Å². The lowest BCUT2D eigenvalue weighted by Gasteiger charge is -2.29. The first-order chi connectivity index (χ1) is 5.54. The molecule has 12 heavy (non-hydrogen) atoms. The zero-order valence-electron chi connectivity index (χ0n) is 5.71. The summed E-state index contributed by atoms with van der Waals surface area (Å²) in [6.45, 7) is 0. The molecule has 0 spiro atoms. The first-order valence-corrected chi connectivity index (χ1v) is 2.89. The topological polar surface area (TPSA) is 105 Å². The lowest BCUT2D eigenvalue weighted by Crippen LogP contribution is -2.41. The summed E-state index contributed by atoms with van der Waals surface area (Å²) >= 11 is 0. The van der Waals surface area contributed by atoms with E-state index in [1.807, 2.05) is 0 Å². The van der Waals surface area contributed by atoms with E-state index < -0.39 is 16.0 Å². The maximum atomic E-state index is 9.84. The molecular formula is C4H4N2O6. The highest BCUT2D eigenvalue weighted by molar-refractivity contribution is 5.09. The van der Waals surface area contributed by atoms with Gasteiger partial charge in [-0.05, 0) is 6.08 Å². The van der Waals surface area contributed by atoms with Crippen LogP contribution in [0.3, 0.4) is 0 Å². The molecule has 0 saturated carbocycles. The van der Waals surface area contributed by atoms with Crippen molar-refractivity contribution in [3.05, 3.63) is 32.4 Å². The smallest absolute Gasteiger partial charge is 0.275 e. The molecule has 0 aromatic rings. The fourth-order valence-corrected chi connectivity index (χ4v) is 0.715. The SMILES string of the molecule is O=[N+]([O-])OC1(O[N+](=O)[O-])C=CC1. The molecule has 0 amide bonds. The minimum Gasteiger partial charge on any atom is -0.275 e. The van der Waals surface area contributed by atoms with Gasteiger partial charge in [-0.3, -0.25) is 9.68 Å². The highest BCUT2D eigenvalue weighted by Crippen LogP contribution is 2.28. The van der Waals surface area contributed by atoms with Gasteiger partial charge in [-0.1, -0.05) is 6.08 Å². The van der Waals surface area contributed by atoms with Crippen molar-refractivity contribution in [1.29, 1.82) is 0 Å². The van der Waals surface area contributed by atoms with Crippen molar-refractivity contribution in [2.45, 2.75) is 12.2 Å². The molecule has 8 heteroatoms. The van der Waals surface area contributed by atoms with Gasteiger partial charge < -0.3 is 0 Å². The van der Waals surface area contributed by atoms with Crippen molar-refractivity contribution in [3.8, 4) is 0 Å². The summed E-state index contributed by atoms with van der Waals surface area (Å²) in [4.78, 5) is 27.6. The zero-order chi connectivity index (χ0) is 9.19. The van der Waals surface area contributed by atoms with Gasteiger partial charge >= 0.3 is 0 Å². The summed E-state index contributed by atoms with van der Waals surface area (Å²) in [5.74, 6) is -1.81. The van der Waals surface area contributed by atoms with Gasteiger partial charge in [0.25, 0.3) is 16.0 Å². The third-order valence-corrected chi connectivity index (χ3v) is 1.23. The molecule has 0 atom stereocenters. The molecule has 0 unspecified atom stereocenters. The molecule has 0 radical (unpaired) electrons. The molecule has 0 fully saturated rings. The molecule has 0 bridgehead atoms. The molecule has 0 aliphatic heterocycles. The lowest BCUT2D eigenvalue weighted by atomic mass is 10.0. The third kappa shape index (κ3) is 1.59. The second-order valence-corrected chi connectivity index (χ2v) is 2.05. The Bertz CT molecular complexity index is 232. The van der Waals surface area contributed by atoms with Crippen LogP contribution in [0.4, 0.5) is 0 Å². The van der Waals surface area contributed by atoms with Crippen molar-refractivity contribution in [2.24, 2.45) is 0 Å². The average molecular weight is 176 g/mol. The predicted octanol–water partition coefficient (Wildman–Crippen LogP) is 0.0592. The number of nitrogens with zero attached hydrogens (tertiary/aromatic N) is 2. The number of rotatable bonds is 4. The van der Waals surface area contributed by atoms with Crippen molar-refractivity contribution >= 4 is 0 Å². The van der Waals surface area contributed by atoms with Gasteiger partial charge in [-0.25, -0.2) is 0 Å². The number of hydrogen-bond acceptors (Lipinski definition) is 6. The van der Waals surface area contributed by atoms with Crippen LogP contribution in [0.1, 0.15) is 6.42 Å². The van der Waals surface area contributed by atoms with Gasteiger partial charge in [0.2, 0.25) is 0 Å². The normalized spacial score (nSPS) is 17.7. The fourth-order valence-electron chi connectivity index (χ4n) is 0.715. The predicted molar refractivity (Wildman–Crippen MR) is 32.6 cm³/mol. The van der Waals surface area contributed by atoms with Gasteiger partial charge in [0.15, 0.2) is 0 Å². The summed E-state index contributed by atoms with van der Waals surface area (Å²) in [5.41, 5.74) is 0. The summed E-state index contributed by atoms with van der Waals surface area (Å²) in [6.07, 6.45) is 2.57. The van der Waals surface area contributed by atoms with Gasteiger partial charge in [-0.15, -0.1) is 20.2 Å². The first-order valence-electron chi connectivity index (χ1n) is 2.89. The Morgan fingerprint density at radius 3 is 1.83 bits per heavy atom. The highest BCUT2D eigenvalue weighted by Gasteiger charge is 2.40. The maximum Gasteiger partial charge on any atom is 0.297 e. The van der Waals surface area contributed by atoms with E-state index in [0.717, 1.165) is 6.08 Å². The lowest BCUT2D eigenvalue weighted by molar-refractivity contribution is -0.867. The molecule has 0 aromatic carbocycles. The molecule has 0 aromatic heterocycles. The van der Waals surface area contributed by atoms with Gasteiger partial charge in [0, 0.05) is 6.42 Å². The molecule has 0 saturated heterocycles. The van der Waals surface area contributed by atoms with Crippen LogP contribution in [0.25, 0.3) is 0 Å². The van der Waals surface area contributed by atoms with Crippen LogP contribution in [0.15, 0.2) is 12.2 Å². The van der Waals surface area contributed by atoms with Crippen molar-refractivity contribution in [3.63, 3.8) is 0 Å². The molecule has 0 heterocycles. The van der Waals surface area contributed by atoms with Crippen molar-refractivity contribution < 1.29 is 19.8 Å². The van der Waals surface area contributed by atoms with E-state index in [4.69, 9.17) is 0 Å². The minimum atomic E-state index is -1.81. The summed E-state index contributed by atoms with van der Waals surface area (Å²) in [7, 11) is 0. The Kier molecular flexibility index (Phi) is 1.81. The van der Waals surface area contributed by atoms with Crippen LogP contribution < -0.4 is 0 Å². The van der Waals surface area contributed by atoms with E-state index in [0.29, 0.717) is 0 Å². The quantitative estimate of drug-likeness (QED) is 0.259. The van der Waals surface area contributed by atoms with Crippen LogP contribution >= 0.6 is 0 Å². The molecule has 66 valence electrons. The molecule has 1 rings (SSSR count). The molecule has 0 N–H and O–H groups in total. The van der Waals surface area contributed by atoms with E-state index >= 15 is 0 Å². The second kappa shape index (κ2) is 2.64. The first kappa shape index (κ1) is 8.24. The largest absolute Gasteiger partial charge is 0.297 e. The van der Waals surface area contributed by atoms with Gasteiger partial charge in [0.05, 0.1) is 0 Å².